The Morgan fingerprint density at radius 2 is 1.94 bits per heavy atom. The van der Waals surface area contributed by atoms with Crippen LogP contribution in [-0.4, -0.2) is 35.1 Å². The van der Waals surface area contributed by atoms with Crippen molar-refractivity contribution < 1.29 is 9.90 Å². The third-order valence-electron chi connectivity index (χ3n) is 3.16. The minimum Gasteiger partial charge on any atom is -0.393 e. The van der Waals surface area contributed by atoms with E-state index in [9.17, 15) is 9.90 Å². The SMILES string of the molecule is O=C(Cc1ccc(Cl)c(Cl)c1)N1CCC(O)CC1. The molecule has 98 valence electrons. The molecule has 0 atom stereocenters. The second-order valence-electron chi connectivity index (χ2n) is 4.54. The molecule has 0 radical (unpaired) electrons. The first-order chi connectivity index (χ1) is 8.56. The molecule has 2 rings (SSSR count). The fraction of sp³-hybridized carbons (Fsp3) is 0.462. The first-order valence-electron chi connectivity index (χ1n) is 5.96. The van der Waals surface area contributed by atoms with E-state index in [-0.39, 0.29) is 12.0 Å². The molecule has 1 aliphatic rings. The van der Waals surface area contributed by atoms with Gasteiger partial charge in [-0.1, -0.05) is 29.3 Å². The first kappa shape index (κ1) is 13.7. The van der Waals surface area contributed by atoms with E-state index in [0.717, 1.165) is 5.56 Å². The van der Waals surface area contributed by atoms with E-state index in [2.05, 4.69) is 0 Å². The summed E-state index contributed by atoms with van der Waals surface area (Å²) in [6.07, 6.45) is 1.38. The van der Waals surface area contributed by atoms with Gasteiger partial charge in [0.15, 0.2) is 0 Å². The summed E-state index contributed by atoms with van der Waals surface area (Å²) in [7, 11) is 0. The number of nitrogens with zero attached hydrogens (tertiary/aromatic N) is 1. The van der Waals surface area contributed by atoms with E-state index in [1.54, 1.807) is 17.0 Å². The predicted octanol–water partition coefficient (Wildman–Crippen LogP) is 2.52. The summed E-state index contributed by atoms with van der Waals surface area (Å²) in [5.41, 5.74) is 0.862. The summed E-state index contributed by atoms with van der Waals surface area (Å²) in [5.74, 6) is 0.0697. The molecule has 1 aromatic carbocycles. The van der Waals surface area contributed by atoms with E-state index in [0.29, 0.717) is 42.4 Å². The summed E-state index contributed by atoms with van der Waals surface area (Å²) >= 11 is 11.7. The van der Waals surface area contributed by atoms with Crippen molar-refractivity contribution in [3.8, 4) is 0 Å². The molecule has 0 saturated carbocycles. The number of carbonyl (C=O) groups excluding carboxylic acids is 1. The molecular formula is C13H15Cl2NO2. The van der Waals surface area contributed by atoms with Gasteiger partial charge in [-0.25, -0.2) is 0 Å². The maximum Gasteiger partial charge on any atom is 0.226 e. The van der Waals surface area contributed by atoms with Crippen LogP contribution < -0.4 is 0 Å². The summed E-state index contributed by atoms with van der Waals surface area (Å²) in [5, 5.41) is 10.4. The Bertz CT molecular complexity index is 443. The maximum absolute atomic E-state index is 12.0. The number of benzene rings is 1. The summed E-state index contributed by atoms with van der Waals surface area (Å²) in [4.78, 5) is 13.8. The van der Waals surface area contributed by atoms with Crippen molar-refractivity contribution in [3.05, 3.63) is 33.8 Å². The maximum atomic E-state index is 12.0. The largest absolute Gasteiger partial charge is 0.393 e. The van der Waals surface area contributed by atoms with Crippen molar-refractivity contribution in [1.82, 2.24) is 4.90 Å². The summed E-state index contributed by atoms with van der Waals surface area (Å²) in [6, 6.07) is 5.23. The summed E-state index contributed by atoms with van der Waals surface area (Å²) in [6.45, 7) is 1.25. The van der Waals surface area contributed by atoms with Gasteiger partial charge in [0.25, 0.3) is 0 Å². The lowest BCUT2D eigenvalue weighted by atomic mass is 10.1. The number of hydrogen-bond donors (Lipinski definition) is 1. The quantitative estimate of drug-likeness (QED) is 0.908. The highest BCUT2D eigenvalue weighted by Crippen LogP contribution is 2.23. The number of carbonyl (C=O) groups is 1. The van der Waals surface area contributed by atoms with Crippen LogP contribution in [0, 0.1) is 0 Å². The Morgan fingerprint density at radius 1 is 1.28 bits per heavy atom. The van der Waals surface area contributed by atoms with Gasteiger partial charge in [-0.2, -0.15) is 0 Å². The van der Waals surface area contributed by atoms with Gasteiger partial charge in [-0.3, -0.25) is 4.79 Å². The fourth-order valence-electron chi connectivity index (χ4n) is 2.05. The number of hydrogen-bond acceptors (Lipinski definition) is 2. The van der Waals surface area contributed by atoms with Gasteiger partial charge >= 0.3 is 0 Å². The van der Waals surface area contributed by atoms with Crippen LogP contribution in [0.2, 0.25) is 10.0 Å². The lowest BCUT2D eigenvalue weighted by Crippen LogP contribution is -2.40. The van der Waals surface area contributed by atoms with Crippen LogP contribution in [0.5, 0.6) is 0 Å². The van der Waals surface area contributed by atoms with Crippen LogP contribution in [0.1, 0.15) is 18.4 Å². The lowest BCUT2D eigenvalue weighted by molar-refractivity contribution is -0.132. The van der Waals surface area contributed by atoms with Crippen molar-refractivity contribution in [2.75, 3.05) is 13.1 Å². The van der Waals surface area contributed by atoms with Crippen LogP contribution >= 0.6 is 23.2 Å². The van der Waals surface area contributed by atoms with Crippen LogP contribution in [0.4, 0.5) is 0 Å². The highest BCUT2D eigenvalue weighted by atomic mass is 35.5. The number of piperidine rings is 1. The third-order valence-corrected chi connectivity index (χ3v) is 3.90. The molecule has 1 aliphatic heterocycles. The molecule has 5 heteroatoms. The van der Waals surface area contributed by atoms with Gasteiger partial charge in [0, 0.05) is 13.1 Å². The zero-order valence-corrected chi connectivity index (χ0v) is 11.4. The zero-order valence-electron chi connectivity index (χ0n) is 9.90. The molecule has 0 unspecified atom stereocenters. The second kappa shape index (κ2) is 5.91. The van der Waals surface area contributed by atoms with Gasteiger partial charge < -0.3 is 10.0 Å². The van der Waals surface area contributed by atoms with Crippen molar-refractivity contribution in [3.63, 3.8) is 0 Å². The average molecular weight is 288 g/mol. The minimum absolute atomic E-state index is 0.0697. The molecule has 1 N–H and O–H groups in total. The minimum atomic E-state index is -0.265. The average Bonchev–Trinajstić information content (AvgIpc) is 2.34. The fourth-order valence-corrected chi connectivity index (χ4v) is 2.37. The van der Waals surface area contributed by atoms with Crippen LogP contribution in [-0.2, 0) is 11.2 Å². The molecule has 0 aromatic heterocycles. The number of aliphatic hydroxyl groups is 1. The summed E-state index contributed by atoms with van der Waals surface area (Å²) < 4.78 is 0. The number of amides is 1. The van der Waals surface area contributed by atoms with Crippen molar-refractivity contribution >= 4 is 29.1 Å². The standard InChI is InChI=1S/C13H15Cl2NO2/c14-11-2-1-9(7-12(11)15)8-13(18)16-5-3-10(17)4-6-16/h1-2,7,10,17H,3-6,8H2. The van der Waals surface area contributed by atoms with E-state index >= 15 is 0 Å². The molecule has 1 fully saturated rings. The van der Waals surface area contributed by atoms with E-state index < -0.39 is 0 Å². The van der Waals surface area contributed by atoms with E-state index in [1.807, 2.05) is 6.07 Å². The van der Waals surface area contributed by atoms with Gasteiger partial charge in [0.05, 0.1) is 22.6 Å². The Morgan fingerprint density at radius 3 is 2.56 bits per heavy atom. The highest BCUT2D eigenvalue weighted by molar-refractivity contribution is 6.42. The highest BCUT2D eigenvalue weighted by Gasteiger charge is 2.21. The van der Waals surface area contributed by atoms with Crippen LogP contribution in [0.25, 0.3) is 0 Å². The molecule has 1 amide bonds. The van der Waals surface area contributed by atoms with E-state index in [4.69, 9.17) is 23.2 Å². The molecule has 1 aromatic rings. The molecular weight excluding hydrogens is 273 g/mol. The monoisotopic (exact) mass is 287 g/mol. The lowest BCUT2D eigenvalue weighted by Gasteiger charge is -2.29. The van der Waals surface area contributed by atoms with Crippen molar-refractivity contribution in [2.45, 2.75) is 25.4 Å². The third kappa shape index (κ3) is 3.37. The second-order valence-corrected chi connectivity index (χ2v) is 5.35. The molecule has 3 nitrogen and oxygen atoms in total. The Hall–Kier alpha value is -0.770. The molecule has 1 heterocycles. The van der Waals surface area contributed by atoms with Crippen molar-refractivity contribution in [1.29, 1.82) is 0 Å². The van der Waals surface area contributed by atoms with Gasteiger partial charge in [0.1, 0.15) is 0 Å². The predicted molar refractivity (Wildman–Crippen MR) is 72.0 cm³/mol. The topological polar surface area (TPSA) is 40.5 Å². The molecule has 0 spiro atoms. The van der Waals surface area contributed by atoms with Gasteiger partial charge in [-0.05, 0) is 30.5 Å². The van der Waals surface area contributed by atoms with Gasteiger partial charge in [0.2, 0.25) is 5.91 Å². The first-order valence-corrected chi connectivity index (χ1v) is 6.71. The van der Waals surface area contributed by atoms with Gasteiger partial charge in [-0.15, -0.1) is 0 Å². The van der Waals surface area contributed by atoms with Crippen molar-refractivity contribution in [2.24, 2.45) is 0 Å². The molecule has 1 saturated heterocycles. The number of rotatable bonds is 2. The number of aliphatic hydroxyl groups excluding tert-OH is 1. The van der Waals surface area contributed by atoms with Crippen LogP contribution in [0.3, 0.4) is 0 Å². The molecule has 0 aliphatic carbocycles. The van der Waals surface area contributed by atoms with Crippen LogP contribution in [0.15, 0.2) is 18.2 Å². The number of halogens is 2. The normalized spacial score (nSPS) is 16.9. The molecule has 18 heavy (non-hydrogen) atoms. The van der Waals surface area contributed by atoms with E-state index in [1.165, 1.54) is 0 Å². The zero-order chi connectivity index (χ0) is 13.1. The Balaban J connectivity index is 1.96. The number of likely N-dealkylation sites (tertiary alicyclic amines) is 1. The Kier molecular flexibility index (Phi) is 4.49. The molecule has 0 bridgehead atoms. The Labute approximate surface area is 116 Å². The smallest absolute Gasteiger partial charge is 0.226 e.